The van der Waals surface area contributed by atoms with Gasteiger partial charge in [0.15, 0.2) is 5.15 Å². The Hall–Kier alpha value is -0.590. The summed E-state index contributed by atoms with van der Waals surface area (Å²) in [4.78, 5) is 21.6. The Kier molecular flexibility index (Phi) is 8.63. The molecule has 1 aromatic carbocycles. The van der Waals surface area contributed by atoms with Gasteiger partial charge in [-0.15, -0.1) is 11.3 Å². The fraction of sp³-hybridized carbons (Fsp3) is 0.133. The summed E-state index contributed by atoms with van der Waals surface area (Å²) in [5, 5.41) is 2.39. The molecule has 0 bridgehead atoms. The molecular formula is C15H11Cl5N3O2PS. The average molecular weight is 506 g/mol. The summed E-state index contributed by atoms with van der Waals surface area (Å²) in [7, 11) is 0. The van der Waals surface area contributed by atoms with E-state index in [-0.39, 0.29) is 17.6 Å². The maximum absolute atomic E-state index is 11.9. The van der Waals surface area contributed by atoms with Crippen LogP contribution < -0.4 is 5.32 Å². The molecule has 3 rings (SSSR count). The van der Waals surface area contributed by atoms with E-state index in [2.05, 4.69) is 49.0 Å². The highest BCUT2D eigenvalue weighted by atomic mass is 36.0. The smallest absolute Gasteiger partial charge is 0.339 e. The first-order valence-electron chi connectivity index (χ1n) is 7.21. The highest BCUT2D eigenvalue weighted by Gasteiger charge is 2.10. The second-order valence-corrected chi connectivity index (χ2v) is 13.5. The van der Waals surface area contributed by atoms with Gasteiger partial charge in [0.1, 0.15) is 0 Å². The Bertz CT molecular complexity index is 973. The molecule has 1 amide bonds. The lowest BCUT2D eigenvalue weighted by Crippen LogP contribution is -2.25. The Morgan fingerprint density at radius 2 is 1.81 bits per heavy atom. The van der Waals surface area contributed by atoms with Crippen molar-refractivity contribution in [1.82, 2.24) is 15.3 Å². The number of nitrogens with one attached hydrogen (secondary N) is 1. The van der Waals surface area contributed by atoms with Crippen LogP contribution in [0.15, 0.2) is 35.7 Å². The van der Waals surface area contributed by atoms with E-state index >= 15 is 0 Å². The van der Waals surface area contributed by atoms with Crippen LogP contribution in [0.1, 0.15) is 10.6 Å². The Morgan fingerprint density at radius 1 is 1.11 bits per heavy atom. The summed E-state index contributed by atoms with van der Waals surface area (Å²) < 4.78 is 9.51. The van der Waals surface area contributed by atoms with Crippen LogP contribution in [0.3, 0.4) is 0 Å². The van der Waals surface area contributed by atoms with Gasteiger partial charge in [0.05, 0.1) is 29.7 Å². The van der Waals surface area contributed by atoms with Crippen molar-refractivity contribution in [2.75, 3.05) is 0 Å². The molecule has 5 nitrogen and oxygen atoms in total. The van der Waals surface area contributed by atoms with E-state index in [0.717, 1.165) is 4.88 Å². The van der Waals surface area contributed by atoms with Gasteiger partial charge >= 0.3 is 5.20 Å². The van der Waals surface area contributed by atoms with Crippen molar-refractivity contribution in [3.05, 3.63) is 56.5 Å². The number of fused-ring (bicyclic) bond motifs is 1. The number of carbonyl (C=O) groups is 1. The summed E-state index contributed by atoms with van der Waals surface area (Å²) in [6.07, 6.45) is 0.349. The molecule has 0 aliphatic heterocycles. The van der Waals surface area contributed by atoms with Crippen molar-refractivity contribution in [3.63, 3.8) is 0 Å². The van der Waals surface area contributed by atoms with Crippen molar-refractivity contribution in [2.24, 2.45) is 0 Å². The van der Waals surface area contributed by atoms with Crippen LogP contribution in [0, 0.1) is 0 Å². The van der Waals surface area contributed by atoms with Crippen molar-refractivity contribution >= 4 is 90.4 Å². The number of rotatable bonds is 4. The van der Waals surface area contributed by atoms with Crippen molar-refractivity contribution < 1.29 is 9.36 Å². The molecule has 1 N–H and O–H groups in total. The third kappa shape index (κ3) is 8.53. The topological polar surface area (TPSA) is 72.0 Å². The molecule has 0 fully saturated rings. The lowest BCUT2D eigenvalue weighted by molar-refractivity contribution is -0.120. The molecule has 0 saturated carbocycles. The van der Waals surface area contributed by atoms with Gasteiger partial charge in [-0.05, 0) is 63.4 Å². The van der Waals surface area contributed by atoms with Gasteiger partial charge in [0.25, 0.3) is 0 Å². The van der Waals surface area contributed by atoms with Gasteiger partial charge in [0, 0.05) is 9.90 Å². The fourth-order valence-corrected chi connectivity index (χ4v) is 3.04. The number of nitrogens with zero attached hydrogens (tertiary/aromatic N) is 2. The van der Waals surface area contributed by atoms with E-state index in [1.807, 2.05) is 17.5 Å². The van der Waals surface area contributed by atoms with Gasteiger partial charge < -0.3 is 5.32 Å². The molecule has 3 aromatic rings. The van der Waals surface area contributed by atoms with E-state index in [1.165, 1.54) is 0 Å². The number of amides is 1. The fourth-order valence-electron chi connectivity index (χ4n) is 1.97. The summed E-state index contributed by atoms with van der Waals surface area (Å²) in [5.41, 5.74) is 1.85. The monoisotopic (exact) mass is 503 g/mol. The summed E-state index contributed by atoms with van der Waals surface area (Å²) in [5.74, 6) is -0.0773. The second kappa shape index (κ2) is 10.3. The minimum Gasteiger partial charge on any atom is -0.350 e. The van der Waals surface area contributed by atoms with Crippen molar-refractivity contribution in [1.29, 1.82) is 0 Å². The first-order chi connectivity index (χ1) is 12.6. The van der Waals surface area contributed by atoms with Crippen LogP contribution in [-0.2, 0) is 22.3 Å². The third-order valence-electron chi connectivity index (χ3n) is 3.02. The molecular weight excluding hydrogens is 494 g/mol. The van der Waals surface area contributed by atoms with E-state index in [1.54, 1.807) is 29.5 Å². The van der Waals surface area contributed by atoms with Crippen molar-refractivity contribution in [3.8, 4) is 0 Å². The normalized spacial score (nSPS) is 11.0. The van der Waals surface area contributed by atoms with Gasteiger partial charge in [-0.25, -0.2) is 9.97 Å². The highest BCUT2D eigenvalue weighted by Crippen LogP contribution is 2.61. The van der Waals surface area contributed by atoms with Crippen LogP contribution in [0.5, 0.6) is 0 Å². The van der Waals surface area contributed by atoms with Gasteiger partial charge in [0.2, 0.25) is 5.91 Å². The van der Waals surface area contributed by atoms with E-state index in [9.17, 15) is 9.36 Å². The predicted molar refractivity (Wildman–Crippen MR) is 115 cm³/mol. The quantitative estimate of drug-likeness (QED) is 0.402. The standard InChI is InChI=1S/C15H11Cl2N3OS.Cl3OP/c16-9-3-4-11-12(6-9)19-13(15(17)20-11)8-18-14(21)7-10-2-1-5-22-10;1-5(2,3)4/h1-6H,7-8H2,(H,18,21);. The van der Waals surface area contributed by atoms with Gasteiger partial charge in [-0.2, -0.15) is 0 Å². The zero-order valence-corrected chi connectivity index (χ0v) is 18.8. The van der Waals surface area contributed by atoms with Crippen LogP contribution in [-0.4, -0.2) is 15.9 Å². The second-order valence-electron chi connectivity index (χ2n) is 5.03. The lowest BCUT2D eigenvalue weighted by atomic mass is 10.3. The molecule has 0 unspecified atom stereocenters. The molecule has 27 heavy (non-hydrogen) atoms. The van der Waals surface area contributed by atoms with Crippen molar-refractivity contribution in [2.45, 2.75) is 13.0 Å². The summed E-state index contributed by atoms with van der Waals surface area (Å²) in [6, 6.07) is 9.06. The van der Waals surface area contributed by atoms with Crippen LogP contribution in [0.2, 0.25) is 10.2 Å². The largest absolute Gasteiger partial charge is 0.350 e. The summed E-state index contributed by atoms with van der Waals surface area (Å²) >= 11 is 27.5. The van der Waals surface area contributed by atoms with Gasteiger partial charge in [-0.3, -0.25) is 9.36 Å². The molecule has 144 valence electrons. The molecule has 2 aromatic heterocycles. The number of benzene rings is 1. The molecule has 2 heterocycles. The van der Waals surface area contributed by atoms with Crippen LogP contribution in [0.25, 0.3) is 11.0 Å². The number of aromatic nitrogens is 2. The Morgan fingerprint density at radius 3 is 2.44 bits per heavy atom. The Balaban J connectivity index is 0.000000465. The average Bonchev–Trinajstić information content (AvgIpc) is 3.04. The number of carbonyl (C=O) groups excluding carboxylic acids is 1. The summed E-state index contributed by atoms with van der Waals surface area (Å²) in [6.45, 7) is 0.235. The number of hydrogen-bond donors (Lipinski definition) is 1. The highest BCUT2D eigenvalue weighted by molar-refractivity contribution is 8.24. The maximum Gasteiger partial charge on any atom is 0.339 e. The first kappa shape index (κ1) is 22.7. The van der Waals surface area contributed by atoms with Gasteiger partial charge in [-0.1, -0.05) is 29.3 Å². The molecule has 0 saturated heterocycles. The maximum atomic E-state index is 11.9. The zero-order chi connectivity index (χ0) is 20.0. The molecule has 0 spiro atoms. The minimum absolute atomic E-state index is 0.0773. The van der Waals surface area contributed by atoms with Crippen LogP contribution in [0.4, 0.5) is 0 Å². The Labute approximate surface area is 183 Å². The first-order valence-corrected chi connectivity index (χ1v) is 13.3. The molecule has 12 heteroatoms. The van der Waals surface area contributed by atoms with Crippen LogP contribution >= 0.6 is 73.5 Å². The number of thiophene rings is 1. The van der Waals surface area contributed by atoms with E-state index < -0.39 is 5.20 Å². The third-order valence-corrected chi connectivity index (χ3v) is 4.43. The molecule has 0 atom stereocenters. The SMILES string of the molecule is O=C(Cc1cccs1)NCc1nc2cc(Cl)ccc2nc1Cl.O=P(Cl)(Cl)Cl. The minimum atomic E-state index is -3.22. The predicted octanol–water partition coefficient (Wildman–Crippen LogP) is 6.67. The lowest BCUT2D eigenvalue weighted by Gasteiger charge is -2.07. The van der Waals surface area contributed by atoms with E-state index in [4.69, 9.17) is 23.2 Å². The van der Waals surface area contributed by atoms with E-state index in [0.29, 0.717) is 28.2 Å². The number of halogens is 5. The molecule has 0 aliphatic carbocycles. The molecule has 0 radical (unpaired) electrons. The number of hydrogen-bond acceptors (Lipinski definition) is 5. The zero-order valence-electron chi connectivity index (χ0n) is 13.3. The molecule has 0 aliphatic rings.